The van der Waals surface area contributed by atoms with Gasteiger partial charge in [0.05, 0.1) is 72.7 Å². The summed E-state index contributed by atoms with van der Waals surface area (Å²) in [6.07, 6.45) is -6.23. The molecular formula is C26H43N3O15. The Morgan fingerprint density at radius 3 is 1.50 bits per heavy atom. The highest BCUT2D eigenvalue weighted by Crippen LogP contribution is 2.30. The van der Waals surface area contributed by atoms with Crippen molar-refractivity contribution in [3.05, 3.63) is 10.4 Å². The second-order valence-electron chi connectivity index (χ2n) is 8.95. The molecule has 1 aliphatic heterocycles. The van der Waals surface area contributed by atoms with Crippen LogP contribution in [-0.4, -0.2) is 140 Å². The van der Waals surface area contributed by atoms with Crippen LogP contribution in [0.2, 0.25) is 0 Å². The van der Waals surface area contributed by atoms with Gasteiger partial charge in [0.25, 0.3) is 0 Å². The Hall–Kier alpha value is -3.09. The third-order valence-electron chi connectivity index (χ3n) is 5.34. The molecule has 0 spiro atoms. The van der Waals surface area contributed by atoms with Gasteiger partial charge in [0.15, 0.2) is 24.6 Å². The zero-order valence-corrected chi connectivity index (χ0v) is 25.5. The van der Waals surface area contributed by atoms with Gasteiger partial charge in [-0.3, -0.25) is 19.2 Å². The van der Waals surface area contributed by atoms with E-state index in [0.29, 0.717) is 52.9 Å². The summed E-state index contributed by atoms with van der Waals surface area (Å²) >= 11 is 0. The fraction of sp³-hybridized carbons (Fsp3) is 0.846. The third-order valence-corrected chi connectivity index (χ3v) is 5.34. The van der Waals surface area contributed by atoms with E-state index in [1.165, 1.54) is 6.92 Å². The molecule has 1 fully saturated rings. The van der Waals surface area contributed by atoms with E-state index in [1.807, 2.05) is 0 Å². The van der Waals surface area contributed by atoms with Gasteiger partial charge in [-0.15, -0.1) is 0 Å². The number of hydrogen-bond donors (Lipinski definition) is 0. The van der Waals surface area contributed by atoms with Crippen molar-refractivity contribution in [3.63, 3.8) is 0 Å². The highest BCUT2D eigenvalue weighted by atomic mass is 16.7. The zero-order chi connectivity index (χ0) is 32.6. The van der Waals surface area contributed by atoms with Gasteiger partial charge in [-0.1, -0.05) is 5.11 Å². The molecule has 1 heterocycles. The third kappa shape index (κ3) is 18.5. The molecule has 1 rings (SSSR count). The summed E-state index contributed by atoms with van der Waals surface area (Å²) in [5.41, 5.74) is 8.15. The first-order valence-electron chi connectivity index (χ1n) is 14.0. The van der Waals surface area contributed by atoms with E-state index in [4.69, 9.17) is 57.6 Å². The molecule has 5 atom stereocenters. The van der Waals surface area contributed by atoms with E-state index in [9.17, 15) is 19.2 Å². The number of azide groups is 1. The normalized spacial score (nSPS) is 21.1. The second kappa shape index (κ2) is 24.3. The molecule has 0 aliphatic carbocycles. The maximum atomic E-state index is 11.9. The quantitative estimate of drug-likeness (QED) is 0.0351. The van der Waals surface area contributed by atoms with Crippen LogP contribution < -0.4 is 0 Å². The summed E-state index contributed by atoms with van der Waals surface area (Å²) in [7, 11) is 0. The van der Waals surface area contributed by atoms with Gasteiger partial charge >= 0.3 is 23.9 Å². The number of esters is 4. The van der Waals surface area contributed by atoms with Gasteiger partial charge in [-0.25, -0.2) is 0 Å². The SMILES string of the molecule is CC(=O)OC[C@H]1O[C@@H](OCCOCCOCCOCCOCCOCCN=[N+]=[N-])[C@H](OC(C)=O)[C@@H](OC(C)=O)[C@H]1OC(C)=O. The largest absolute Gasteiger partial charge is 0.463 e. The monoisotopic (exact) mass is 637 g/mol. The van der Waals surface area contributed by atoms with E-state index in [-0.39, 0.29) is 33.0 Å². The van der Waals surface area contributed by atoms with Crippen LogP contribution in [0.3, 0.4) is 0 Å². The lowest BCUT2D eigenvalue weighted by atomic mass is 9.98. The molecule has 0 aromatic carbocycles. The summed E-state index contributed by atoms with van der Waals surface area (Å²) < 4.78 is 59.5. The van der Waals surface area contributed by atoms with Gasteiger partial charge in [-0.05, 0) is 5.53 Å². The topological polar surface area (TPSA) is 219 Å². The molecule has 0 aromatic rings. The highest BCUT2D eigenvalue weighted by molar-refractivity contribution is 5.68. The molecule has 1 saturated heterocycles. The average Bonchev–Trinajstić information content (AvgIpc) is 2.95. The Morgan fingerprint density at radius 1 is 0.614 bits per heavy atom. The molecule has 44 heavy (non-hydrogen) atoms. The Morgan fingerprint density at radius 2 is 1.05 bits per heavy atom. The number of rotatable bonds is 24. The first-order chi connectivity index (χ1) is 21.1. The van der Waals surface area contributed by atoms with Crippen LogP contribution in [0, 0.1) is 0 Å². The van der Waals surface area contributed by atoms with Crippen molar-refractivity contribution >= 4 is 23.9 Å². The minimum atomic E-state index is -1.31. The average molecular weight is 638 g/mol. The lowest BCUT2D eigenvalue weighted by molar-refractivity contribution is -0.309. The van der Waals surface area contributed by atoms with Crippen molar-refractivity contribution in [2.24, 2.45) is 5.11 Å². The Balaban J connectivity index is 2.38. The van der Waals surface area contributed by atoms with Crippen molar-refractivity contribution in [1.82, 2.24) is 0 Å². The zero-order valence-electron chi connectivity index (χ0n) is 25.5. The van der Waals surface area contributed by atoms with Crippen molar-refractivity contribution in [1.29, 1.82) is 0 Å². The Labute approximate surface area is 255 Å². The molecule has 18 heteroatoms. The standard InChI is InChI=1S/C26H43N3O15/c1-18(30)40-17-22-23(41-19(2)31)24(42-20(3)32)25(43-21(4)33)26(44-22)39-16-15-38-14-13-37-12-11-36-10-9-35-8-7-34-6-5-28-29-27/h22-26H,5-17H2,1-4H3/t22-,23+,24+,25-,26-/m1/s1. The second-order valence-corrected chi connectivity index (χ2v) is 8.95. The predicted octanol–water partition coefficient (Wildman–Crippen LogP) is 0.479. The van der Waals surface area contributed by atoms with E-state index in [2.05, 4.69) is 10.0 Å². The lowest BCUT2D eigenvalue weighted by Crippen LogP contribution is -2.63. The van der Waals surface area contributed by atoms with E-state index in [0.717, 1.165) is 20.8 Å². The number of ether oxygens (including phenoxy) is 11. The summed E-state index contributed by atoms with van der Waals surface area (Å²) in [5.74, 6) is -2.80. The molecule has 0 N–H and O–H groups in total. The maximum Gasteiger partial charge on any atom is 0.303 e. The number of hydrogen-bond acceptors (Lipinski definition) is 16. The van der Waals surface area contributed by atoms with Crippen LogP contribution in [0.5, 0.6) is 0 Å². The number of carbonyl (C=O) groups is 4. The van der Waals surface area contributed by atoms with Crippen molar-refractivity contribution < 1.29 is 71.3 Å². The number of carbonyl (C=O) groups excluding carboxylic acids is 4. The van der Waals surface area contributed by atoms with E-state index in [1.54, 1.807) is 0 Å². The molecular weight excluding hydrogens is 594 g/mol. The minimum absolute atomic E-state index is 0.0182. The van der Waals surface area contributed by atoms with Gasteiger partial charge in [0.2, 0.25) is 0 Å². The van der Waals surface area contributed by atoms with Crippen molar-refractivity contribution in [2.75, 3.05) is 85.8 Å². The lowest BCUT2D eigenvalue weighted by Gasteiger charge is -2.44. The molecule has 252 valence electrons. The van der Waals surface area contributed by atoms with Crippen LogP contribution in [0.25, 0.3) is 10.4 Å². The summed E-state index contributed by atoms with van der Waals surface area (Å²) in [6, 6.07) is 0. The van der Waals surface area contributed by atoms with E-state index >= 15 is 0 Å². The van der Waals surface area contributed by atoms with Crippen LogP contribution in [0.15, 0.2) is 5.11 Å². The molecule has 0 bridgehead atoms. The van der Waals surface area contributed by atoms with Gasteiger partial charge in [0, 0.05) is 39.2 Å². The number of nitrogens with zero attached hydrogens (tertiary/aromatic N) is 3. The minimum Gasteiger partial charge on any atom is -0.463 e. The van der Waals surface area contributed by atoms with Gasteiger partial charge in [0.1, 0.15) is 12.7 Å². The predicted molar refractivity (Wildman–Crippen MR) is 146 cm³/mol. The Bertz CT molecular complexity index is 902. The van der Waals surface area contributed by atoms with Crippen LogP contribution in [0.1, 0.15) is 27.7 Å². The maximum absolute atomic E-state index is 11.9. The smallest absolute Gasteiger partial charge is 0.303 e. The summed E-state index contributed by atoms with van der Waals surface area (Å²) in [5, 5.41) is 3.35. The highest BCUT2D eigenvalue weighted by Gasteiger charge is 2.52. The van der Waals surface area contributed by atoms with Crippen LogP contribution in [0.4, 0.5) is 0 Å². The molecule has 1 aliphatic rings. The first kappa shape index (κ1) is 38.9. The van der Waals surface area contributed by atoms with Gasteiger partial charge < -0.3 is 52.1 Å². The molecule has 0 amide bonds. The molecule has 0 aromatic heterocycles. The fourth-order valence-corrected chi connectivity index (χ4v) is 3.68. The molecule has 0 saturated carbocycles. The molecule has 18 nitrogen and oxygen atoms in total. The Kier molecular flexibility index (Phi) is 21.5. The van der Waals surface area contributed by atoms with Crippen molar-refractivity contribution in [2.45, 2.75) is 58.4 Å². The molecule has 0 radical (unpaired) electrons. The van der Waals surface area contributed by atoms with Crippen molar-refractivity contribution in [3.8, 4) is 0 Å². The first-order valence-corrected chi connectivity index (χ1v) is 14.0. The van der Waals surface area contributed by atoms with Gasteiger partial charge in [-0.2, -0.15) is 0 Å². The van der Waals surface area contributed by atoms with E-state index < -0.39 is 54.6 Å². The molecule has 0 unspecified atom stereocenters. The summed E-state index contributed by atoms with van der Waals surface area (Å²) in [4.78, 5) is 49.5. The summed E-state index contributed by atoms with van der Waals surface area (Å²) in [6.45, 7) is 7.87. The van der Waals surface area contributed by atoms with Crippen LogP contribution in [-0.2, 0) is 71.3 Å². The van der Waals surface area contributed by atoms with Crippen LogP contribution >= 0.6 is 0 Å². The fourth-order valence-electron chi connectivity index (χ4n) is 3.68.